The number of nitrogens with one attached hydrogen (secondary N) is 1. The van der Waals surface area contributed by atoms with Gasteiger partial charge in [-0.15, -0.1) is 0 Å². The number of rotatable bonds is 6. The maximum atomic E-state index is 13.2. The van der Waals surface area contributed by atoms with Crippen molar-refractivity contribution in [2.45, 2.75) is 26.4 Å². The van der Waals surface area contributed by atoms with Crippen LogP contribution in [0.15, 0.2) is 48.0 Å². The molecule has 2 aromatic carbocycles. The number of halogens is 1. The predicted molar refractivity (Wildman–Crippen MR) is 109 cm³/mol. The number of amides is 4. The van der Waals surface area contributed by atoms with Gasteiger partial charge >= 0.3 is 6.03 Å². The average molecular weight is 412 g/mol. The minimum atomic E-state index is -0.907. The van der Waals surface area contributed by atoms with Crippen LogP contribution in [0.2, 0.25) is 0 Å². The van der Waals surface area contributed by atoms with Crippen molar-refractivity contribution in [3.05, 3.63) is 59.4 Å². The number of methoxy groups -OCH3 is 1. The third-order valence-electron chi connectivity index (χ3n) is 4.61. The van der Waals surface area contributed by atoms with Crippen LogP contribution in [0.5, 0.6) is 11.5 Å². The second-order valence-corrected chi connectivity index (χ2v) is 6.65. The molecule has 8 heteroatoms. The minimum absolute atomic E-state index is 0.133. The molecule has 1 heterocycles. The number of benzene rings is 2. The summed E-state index contributed by atoms with van der Waals surface area (Å²) in [7, 11) is 1.49. The van der Waals surface area contributed by atoms with Crippen LogP contribution in [0.25, 0.3) is 6.08 Å². The maximum Gasteiger partial charge on any atom is 0.335 e. The van der Waals surface area contributed by atoms with Crippen molar-refractivity contribution in [1.29, 1.82) is 0 Å². The van der Waals surface area contributed by atoms with Gasteiger partial charge in [-0.3, -0.25) is 14.9 Å². The summed E-state index contributed by atoms with van der Waals surface area (Å²) in [6.07, 6.45) is 1.95. The summed E-state index contributed by atoms with van der Waals surface area (Å²) in [6.45, 7) is 3.85. The van der Waals surface area contributed by atoms with E-state index < -0.39 is 23.7 Å². The van der Waals surface area contributed by atoms with E-state index in [2.05, 4.69) is 5.32 Å². The van der Waals surface area contributed by atoms with Gasteiger partial charge in [0.1, 0.15) is 11.4 Å². The van der Waals surface area contributed by atoms with Gasteiger partial charge in [0, 0.05) is 5.56 Å². The molecule has 1 atom stereocenters. The molecule has 2 aromatic rings. The second kappa shape index (κ2) is 8.77. The van der Waals surface area contributed by atoms with Crippen LogP contribution in [-0.2, 0) is 9.59 Å². The highest BCUT2D eigenvalue weighted by Crippen LogP contribution is 2.34. The van der Waals surface area contributed by atoms with E-state index in [-0.39, 0.29) is 17.4 Å². The van der Waals surface area contributed by atoms with E-state index in [4.69, 9.17) is 9.47 Å². The lowest BCUT2D eigenvalue weighted by Crippen LogP contribution is -2.54. The number of hydrogen-bond acceptors (Lipinski definition) is 5. The summed E-state index contributed by atoms with van der Waals surface area (Å²) in [4.78, 5) is 38.4. The monoisotopic (exact) mass is 412 g/mol. The molecule has 30 heavy (non-hydrogen) atoms. The zero-order chi connectivity index (χ0) is 21.8. The molecule has 7 nitrogen and oxygen atoms in total. The van der Waals surface area contributed by atoms with Crippen LogP contribution in [0.3, 0.4) is 0 Å². The van der Waals surface area contributed by atoms with Crippen LogP contribution >= 0.6 is 0 Å². The van der Waals surface area contributed by atoms with Crippen molar-refractivity contribution < 1.29 is 28.2 Å². The predicted octanol–water partition coefficient (Wildman–Crippen LogP) is 3.68. The topological polar surface area (TPSA) is 84.9 Å². The van der Waals surface area contributed by atoms with Crippen molar-refractivity contribution in [3.63, 3.8) is 0 Å². The Hall–Kier alpha value is -3.68. The zero-order valence-electron chi connectivity index (χ0n) is 16.8. The molecule has 0 aromatic heterocycles. The third kappa shape index (κ3) is 4.17. The number of hydrogen-bond donors (Lipinski definition) is 1. The van der Waals surface area contributed by atoms with Gasteiger partial charge in [0.25, 0.3) is 11.8 Å². The number of imide groups is 2. The summed E-state index contributed by atoms with van der Waals surface area (Å²) in [6, 6.07) is 8.97. The highest BCUT2D eigenvalue weighted by molar-refractivity contribution is 6.39. The number of anilines is 1. The molecule has 0 radical (unpaired) electrons. The van der Waals surface area contributed by atoms with Crippen LogP contribution < -0.4 is 19.7 Å². The molecule has 0 spiro atoms. The Balaban J connectivity index is 2.05. The van der Waals surface area contributed by atoms with Gasteiger partial charge in [-0.2, -0.15) is 0 Å². The number of carbonyl (C=O) groups is 3. The van der Waals surface area contributed by atoms with Crippen molar-refractivity contribution >= 4 is 29.6 Å². The number of carbonyl (C=O) groups excluding carboxylic acids is 3. The highest BCUT2D eigenvalue weighted by atomic mass is 19.1. The van der Waals surface area contributed by atoms with Gasteiger partial charge < -0.3 is 9.47 Å². The molecule has 3 rings (SSSR count). The summed E-state index contributed by atoms with van der Waals surface area (Å²) in [5, 5.41) is 2.14. The lowest BCUT2D eigenvalue weighted by molar-refractivity contribution is -0.122. The van der Waals surface area contributed by atoms with Crippen molar-refractivity contribution in [1.82, 2.24) is 5.32 Å². The van der Waals surface area contributed by atoms with Crippen molar-refractivity contribution in [2.24, 2.45) is 0 Å². The van der Waals surface area contributed by atoms with E-state index in [1.807, 2.05) is 13.8 Å². The number of ether oxygens (including phenoxy) is 2. The molecular weight excluding hydrogens is 391 g/mol. The molecule has 4 amide bonds. The number of para-hydroxylation sites is 1. The first-order valence-electron chi connectivity index (χ1n) is 9.36. The maximum absolute atomic E-state index is 13.2. The Labute approximate surface area is 173 Å². The van der Waals surface area contributed by atoms with E-state index in [1.165, 1.54) is 25.3 Å². The molecule has 0 bridgehead atoms. The Bertz CT molecular complexity index is 1020. The minimum Gasteiger partial charge on any atom is -0.493 e. The van der Waals surface area contributed by atoms with E-state index in [1.54, 1.807) is 18.2 Å². The lowest BCUT2D eigenvalue weighted by Gasteiger charge is -2.26. The first kappa shape index (κ1) is 21.0. The molecule has 0 aliphatic carbocycles. The zero-order valence-corrected chi connectivity index (χ0v) is 16.8. The van der Waals surface area contributed by atoms with Gasteiger partial charge in [0.05, 0.1) is 18.9 Å². The number of barbiturate groups is 1. The van der Waals surface area contributed by atoms with Crippen LogP contribution in [0.4, 0.5) is 14.9 Å². The van der Waals surface area contributed by atoms with Gasteiger partial charge in [0.15, 0.2) is 11.5 Å². The SMILES string of the molecule is CC[C@@H](C)Oc1c(/C=C2\C(=O)NC(=O)N(c3ccc(F)cc3)C2=O)cccc1OC. The van der Waals surface area contributed by atoms with Gasteiger partial charge in [-0.25, -0.2) is 14.1 Å². The van der Waals surface area contributed by atoms with Gasteiger partial charge in [-0.1, -0.05) is 19.1 Å². The molecule has 156 valence electrons. The molecule has 1 fully saturated rings. The Kier molecular flexibility index (Phi) is 6.15. The highest BCUT2D eigenvalue weighted by Gasteiger charge is 2.37. The quantitative estimate of drug-likeness (QED) is 0.578. The van der Waals surface area contributed by atoms with Crippen LogP contribution in [0, 0.1) is 5.82 Å². The molecular formula is C22H21FN2O5. The van der Waals surface area contributed by atoms with E-state index >= 15 is 0 Å². The molecule has 1 N–H and O–H groups in total. The fourth-order valence-electron chi connectivity index (χ4n) is 2.86. The Morgan fingerprint density at radius 3 is 2.47 bits per heavy atom. The first-order valence-corrected chi connectivity index (χ1v) is 9.36. The summed E-state index contributed by atoms with van der Waals surface area (Å²) in [5.74, 6) is -1.35. The van der Waals surface area contributed by atoms with Crippen molar-refractivity contribution in [2.75, 3.05) is 12.0 Å². The fraction of sp³-hybridized carbons (Fsp3) is 0.227. The molecule has 0 unspecified atom stereocenters. The standard InChI is InChI=1S/C22H21FN2O5/c1-4-13(2)30-19-14(6-5-7-18(19)29-3)12-17-20(26)24-22(28)25(21(17)27)16-10-8-15(23)9-11-16/h5-13H,4H2,1-3H3,(H,24,26,28)/b17-12+/t13-/m1/s1. The molecule has 0 saturated carbocycles. The normalized spacial score (nSPS) is 16.5. The third-order valence-corrected chi connectivity index (χ3v) is 4.61. The second-order valence-electron chi connectivity index (χ2n) is 6.65. The molecule has 1 aliphatic heterocycles. The lowest BCUT2D eigenvalue weighted by atomic mass is 10.1. The Morgan fingerprint density at radius 2 is 1.83 bits per heavy atom. The van der Waals surface area contributed by atoms with Crippen molar-refractivity contribution in [3.8, 4) is 11.5 Å². The van der Waals surface area contributed by atoms with E-state index in [0.717, 1.165) is 23.5 Å². The first-order chi connectivity index (χ1) is 14.3. The largest absolute Gasteiger partial charge is 0.493 e. The summed E-state index contributed by atoms with van der Waals surface area (Å²) < 4.78 is 24.5. The summed E-state index contributed by atoms with van der Waals surface area (Å²) in [5.41, 5.74) is 0.321. The smallest absolute Gasteiger partial charge is 0.335 e. The van der Waals surface area contributed by atoms with E-state index in [9.17, 15) is 18.8 Å². The van der Waals surface area contributed by atoms with Gasteiger partial charge in [0.2, 0.25) is 0 Å². The van der Waals surface area contributed by atoms with Crippen LogP contribution in [-0.4, -0.2) is 31.1 Å². The molecule has 1 saturated heterocycles. The average Bonchev–Trinajstić information content (AvgIpc) is 2.73. The van der Waals surface area contributed by atoms with Crippen LogP contribution in [0.1, 0.15) is 25.8 Å². The molecule has 1 aliphatic rings. The summed E-state index contributed by atoms with van der Waals surface area (Å²) >= 11 is 0. The number of urea groups is 1. The Morgan fingerprint density at radius 1 is 1.13 bits per heavy atom. The number of nitrogens with zero attached hydrogens (tertiary/aromatic N) is 1. The van der Waals surface area contributed by atoms with Gasteiger partial charge in [-0.05, 0) is 49.8 Å². The van der Waals surface area contributed by atoms with E-state index in [0.29, 0.717) is 17.1 Å². The fourth-order valence-corrected chi connectivity index (χ4v) is 2.86.